The standard InChI is InChI=1S/C9H17NO2/c1-4-5-6-7(2)9(11)12-8(3)10/h8H,2,4-6,10H2,1,3H3. The average Bonchev–Trinajstić information content (AvgIpc) is 1.98. The molecule has 0 aliphatic heterocycles. The predicted octanol–water partition coefficient (Wildman–Crippen LogP) is 1.58. The molecule has 0 aromatic rings. The Morgan fingerprint density at radius 1 is 1.67 bits per heavy atom. The smallest absolute Gasteiger partial charge is 0.334 e. The van der Waals surface area contributed by atoms with Gasteiger partial charge >= 0.3 is 5.97 Å². The molecule has 3 heteroatoms. The summed E-state index contributed by atoms with van der Waals surface area (Å²) in [6.45, 7) is 7.29. The molecule has 12 heavy (non-hydrogen) atoms. The first-order chi connectivity index (χ1) is 5.57. The first-order valence-electron chi connectivity index (χ1n) is 4.22. The zero-order valence-corrected chi connectivity index (χ0v) is 7.80. The molecule has 1 unspecified atom stereocenters. The van der Waals surface area contributed by atoms with Gasteiger partial charge in [-0.1, -0.05) is 19.9 Å². The van der Waals surface area contributed by atoms with Crippen LogP contribution in [0, 0.1) is 0 Å². The molecule has 1 atom stereocenters. The fraction of sp³-hybridized carbons (Fsp3) is 0.667. The van der Waals surface area contributed by atoms with Crippen LogP contribution in [0.5, 0.6) is 0 Å². The van der Waals surface area contributed by atoms with Crippen molar-refractivity contribution in [2.45, 2.75) is 39.3 Å². The quantitative estimate of drug-likeness (QED) is 0.388. The van der Waals surface area contributed by atoms with Crippen molar-refractivity contribution in [1.29, 1.82) is 0 Å². The van der Waals surface area contributed by atoms with Crippen molar-refractivity contribution in [2.24, 2.45) is 5.73 Å². The molecule has 0 aromatic heterocycles. The molecule has 0 aromatic carbocycles. The number of rotatable bonds is 5. The molecule has 0 rings (SSSR count). The molecule has 70 valence electrons. The zero-order chi connectivity index (χ0) is 9.56. The highest BCUT2D eigenvalue weighted by Crippen LogP contribution is 2.06. The van der Waals surface area contributed by atoms with E-state index in [0.717, 1.165) is 12.8 Å². The van der Waals surface area contributed by atoms with Crippen molar-refractivity contribution >= 4 is 5.97 Å². The van der Waals surface area contributed by atoms with Gasteiger partial charge in [-0.2, -0.15) is 0 Å². The van der Waals surface area contributed by atoms with E-state index in [1.807, 2.05) is 0 Å². The fourth-order valence-corrected chi connectivity index (χ4v) is 0.744. The van der Waals surface area contributed by atoms with Crippen LogP contribution in [0.3, 0.4) is 0 Å². The molecule has 2 N–H and O–H groups in total. The highest BCUT2D eigenvalue weighted by atomic mass is 16.6. The normalized spacial score (nSPS) is 12.2. The number of carbonyl (C=O) groups excluding carboxylic acids is 1. The summed E-state index contributed by atoms with van der Waals surface area (Å²) in [4.78, 5) is 11.1. The van der Waals surface area contributed by atoms with Crippen LogP contribution in [0.25, 0.3) is 0 Å². The Labute approximate surface area is 73.6 Å². The average molecular weight is 171 g/mol. The summed E-state index contributed by atoms with van der Waals surface area (Å²) in [6.07, 6.45) is 2.16. The third-order valence-corrected chi connectivity index (χ3v) is 1.41. The summed E-state index contributed by atoms with van der Waals surface area (Å²) in [5.41, 5.74) is 5.78. The molecule has 0 aliphatic carbocycles. The van der Waals surface area contributed by atoms with Crippen molar-refractivity contribution in [3.8, 4) is 0 Å². The van der Waals surface area contributed by atoms with Crippen molar-refractivity contribution in [2.75, 3.05) is 0 Å². The molecule has 3 nitrogen and oxygen atoms in total. The van der Waals surface area contributed by atoms with E-state index in [9.17, 15) is 4.79 Å². The summed E-state index contributed by atoms with van der Waals surface area (Å²) in [5.74, 6) is -0.376. The van der Waals surface area contributed by atoms with Crippen molar-refractivity contribution in [3.63, 3.8) is 0 Å². The third-order valence-electron chi connectivity index (χ3n) is 1.41. The number of nitrogens with two attached hydrogens (primary N) is 1. The number of hydrogen-bond donors (Lipinski definition) is 1. The zero-order valence-electron chi connectivity index (χ0n) is 7.80. The van der Waals surface area contributed by atoms with Crippen molar-refractivity contribution < 1.29 is 9.53 Å². The summed E-state index contributed by atoms with van der Waals surface area (Å²) >= 11 is 0. The van der Waals surface area contributed by atoms with Crippen LogP contribution in [-0.4, -0.2) is 12.2 Å². The van der Waals surface area contributed by atoms with E-state index in [4.69, 9.17) is 10.5 Å². The number of hydrogen-bond acceptors (Lipinski definition) is 3. The van der Waals surface area contributed by atoms with Crippen LogP contribution >= 0.6 is 0 Å². The molecule has 0 saturated carbocycles. The predicted molar refractivity (Wildman–Crippen MR) is 48.4 cm³/mol. The maximum absolute atomic E-state index is 11.1. The van der Waals surface area contributed by atoms with E-state index in [2.05, 4.69) is 13.5 Å². The fourth-order valence-electron chi connectivity index (χ4n) is 0.744. The van der Waals surface area contributed by atoms with E-state index in [0.29, 0.717) is 12.0 Å². The van der Waals surface area contributed by atoms with Gasteiger partial charge in [-0.3, -0.25) is 5.73 Å². The summed E-state index contributed by atoms with van der Waals surface area (Å²) in [7, 11) is 0. The van der Waals surface area contributed by atoms with Crippen LogP contribution < -0.4 is 5.73 Å². The van der Waals surface area contributed by atoms with Gasteiger partial charge in [0.15, 0.2) is 0 Å². The molecular weight excluding hydrogens is 154 g/mol. The van der Waals surface area contributed by atoms with Crippen molar-refractivity contribution in [1.82, 2.24) is 0 Å². The minimum Gasteiger partial charge on any atom is -0.444 e. The maximum Gasteiger partial charge on any atom is 0.334 e. The van der Waals surface area contributed by atoms with Gasteiger partial charge in [0.1, 0.15) is 6.23 Å². The molecule has 0 saturated heterocycles. The van der Waals surface area contributed by atoms with E-state index >= 15 is 0 Å². The highest BCUT2D eigenvalue weighted by Gasteiger charge is 2.09. The van der Waals surface area contributed by atoms with Gasteiger partial charge in [-0.15, -0.1) is 0 Å². The maximum atomic E-state index is 11.1. The second kappa shape index (κ2) is 5.77. The van der Waals surface area contributed by atoms with Gasteiger partial charge in [0.05, 0.1) is 0 Å². The van der Waals surface area contributed by atoms with Gasteiger partial charge < -0.3 is 4.74 Å². The first-order valence-corrected chi connectivity index (χ1v) is 4.22. The monoisotopic (exact) mass is 171 g/mol. The van der Waals surface area contributed by atoms with Gasteiger partial charge in [0.25, 0.3) is 0 Å². The van der Waals surface area contributed by atoms with E-state index < -0.39 is 6.23 Å². The van der Waals surface area contributed by atoms with Crippen molar-refractivity contribution in [3.05, 3.63) is 12.2 Å². The summed E-state index contributed by atoms with van der Waals surface area (Å²) in [6, 6.07) is 0. The molecule has 0 heterocycles. The Hall–Kier alpha value is -0.830. The van der Waals surface area contributed by atoms with E-state index in [-0.39, 0.29) is 5.97 Å². The van der Waals surface area contributed by atoms with Crippen LogP contribution in [0.15, 0.2) is 12.2 Å². The summed E-state index contributed by atoms with van der Waals surface area (Å²) in [5, 5.41) is 0. The highest BCUT2D eigenvalue weighted by molar-refractivity contribution is 5.87. The molecule has 0 radical (unpaired) electrons. The van der Waals surface area contributed by atoms with E-state index in [1.54, 1.807) is 6.92 Å². The minimum atomic E-state index is -0.545. The molecule has 0 amide bonds. The van der Waals surface area contributed by atoms with Gasteiger partial charge in [-0.25, -0.2) is 4.79 Å². The molecule has 0 spiro atoms. The lowest BCUT2D eigenvalue weighted by atomic mass is 10.1. The number of carbonyl (C=O) groups is 1. The SMILES string of the molecule is C=C(CCCC)C(=O)OC(C)N. The number of ether oxygens (including phenoxy) is 1. The third kappa shape index (κ3) is 4.91. The Morgan fingerprint density at radius 2 is 2.25 bits per heavy atom. The Kier molecular flexibility index (Phi) is 5.37. The lowest BCUT2D eigenvalue weighted by Gasteiger charge is -2.08. The second-order valence-electron chi connectivity index (χ2n) is 2.82. The van der Waals surface area contributed by atoms with Gasteiger partial charge in [0.2, 0.25) is 0 Å². The van der Waals surface area contributed by atoms with Gasteiger partial charge in [0, 0.05) is 5.57 Å². The molecule has 0 fully saturated rings. The van der Waals surface area contributed by atoms with Crippen LogP contribution in [0.4, 0.5) is 0 Å². The number of unbranched alkanes of at least 4 members (excludes halogenated alkanes) is 1. The Bertz CT molecular complexity index is 164. The molecular formula is C9H17NO2. The van der Waals surface area contributed by atoms with Crippen LogP contribution in [0.1, 0.15) is 33.1 Å². The van der Waals surface area contributed by atoms with Gasteiger partial charge in [-0.05, 0) is 19.8 Å². The Morgan fingerprint density at radius 3 is 2.67 bits per heavy atom. The minimum absolute atomic E-state index is 0.376. The summed E-state index contributed by atoms with van der Waals surface area (Å²) < 4.78 is 4.75. The second-order valence-corrected chi connectivity index (χ2v) is 2.82. The van der Waals surface area contributed by atoms with E-state index in [1.165, 1.54) is 0 Å². The topological polar surface area (TPSA) is 52.3 Å². The lowest BCUT2D eigenvalue weighted by Crippen LogP contribution is -2.24. The lowest BCUT2D eigenvalue weighted by molar-refractivity contribution is -0.143. The largest absolute Gasteiger partial charge is 0.444 e. The first kappa shape index (κ1) is 11.2. The molecule has 0 bridgehead atoms. The Balaban J connectivity index is 3.70. The molecule has 0 aliphatic rings. The van der Waals surface area contributed by atoms with Crippen LogP contribution in [0.2, 0.25) is 0 Å². The van der Waals surface area contributed by atoms with Crippen LogP contribution in [-0.2, 0) is 9.53 Å². The number of esters is 1.